The molecular formula is C10H21NO. The van der Waals surface area contributed by atoms with Crippen LogP contribution in [0.15, 0.2) is 0 Å². The Bertz CT molecular complexity index is 136. The summed E-state index contributed by atoms with van der Waals surface area (Å²) in [6, 6.07) is 1.32. The maximum atomic E-state index is 5.61. The van der Waals surface area contributed by atoms with Crippen molar-refractivity contribution >= 4 is 0 Å². The first-order valence-corrected chi connectivity index (χ1v) is 4.98. The van der Waals surface area contributed by atoms with Crippen molar-refractivity contribution in [3.05, 3.63) is 0 Å². The standard InChI is InChI=1S/C10H21NO/c1-8(2)11-7-10(4)12-6-5-9(11)3/h8-10H,5-7H2,1-4H3. The fraction of sp³-hybridized carbons (Fsp3) is 1.00. The number of rotatable bonds is 1. The molecule has 0 saturated carbocycles. The van der Waals surface area contributed by atoms with Crippen LogP contribution in [0, 0.1) is 0 Å². The van der Waals surface area contributed by atoms with Crippen molar-refractivity contribution in [1.29, 1.82) is 0 Å². The number of nitrogens with zero attached hydrogens (tertiary/aromatic N) is 1. The molecule has 12 heavy (non-hydrogen) atoms. The molecule has 1 rings (SSSR count). The first-order valence-electron chi connectivity index (χ1n) is 4.98. The SMILES string of the molecule is CC1CN(C(C)C)C(C)CCO1. The Labute approximate surface area is 75.9 Å². The van der Waals surface area contributed by atoms with Gasteiger partial charge in [0.25, 0.3) is 0 Å². The lowest BCUT2D eigenvalue weighted by atomic mass is 10.1. The van der Waals surface area contributed by atoms with Crippen LogP contribution in [0.2, 0.25) is 0 Å². The molecule has 2 unspecified atom stereocenters. The molecule has 1 saturated heterocycles. The third-order valence-corrected chi connectivity index (χ3v) is 2.64. The highest BCUT2D eigenvalue weighted by atomic mass is 16.5. The van der Waals surface area contributed by atoms with E-state index in [1.165, 1.54) is 6.42 Å². The van der Waals surface area contributed by atoms with E-state index in [1.54, 1.807) is 0 Å². The fourth-order valence-electron chi connectivity index (χ4n) is 1.85. The minimum atomic E-state index is 0.400. The van der Waals surface area contributed by atoms with Crippen LogP contribution in [0.4, 0.5) is 0 Å². The van der Waals surface area contributed by atoms with Crippen LogP contribution in [-0.2, 0) is 4.74 Å². The molecule has 0 aliphatic carbocycles. The van der Waals surface area contributed by atoms with Crippen molar-refractivity contribution < 1.29 is 4.74 Å². The molecular weight excluding hydrogens is 150 g/mol. The van der Waals surface area contributed by atoms with Crippen LogP contribution in [0.5, 0.6) is 0 Å². The first-order chi connectivity index (χ1) is 5.61. The zero-order valence-electron chi connectivity index (χ0n) is 8.71. The molecule has 0 spiro atoms. The highest BCUT2D eigenvalue weighted by Crippen LogP contribution is 2.14. The summed E-state index contributed by atoms with van der Waals surface area (Å²) in [6.45, 7) is 11.0. The Hall–Kier alpha value is -0.0800. The van der Waals surface area contributed by atoms with Gasteiger partial charge in [0.15, 0.2) is 0 Å². The van der Waals surface area contributed by atoms with E-state index in [1.807, 2.05) is 0 Å². The molecule has 0 N–H and O–H groups in total. The molecule has 1 fully saturated rings. The molecule has 0 aromatic carbocycles. The van der Waals surface area contributed by atoms with Gasteiger partial charge < -0.3 is 4.74 Å². The second kappa shape index (κ2) is 4.24. The molecule has 0 aromatic rings. The van der Waals surface area contributed by atoms with E-state index >= 15 is 0 Å². The molecule has 1 aliphatic heterocycles. The lowest BCUT2D eigenvalue weighted by Crippen LogP contribution is -2.41. The topological polar surface area (TPSA) is 12.5 Å². The van der Waals surface area contributed by atoms with Gasteiger partial charge in [-0.05, 0) is 34.1 Å². The van der Waals surface area contributed by atoms with Crippen LogP contribution in [0.25, 0.3) is 0 Å². The van der Waals surface area contributed by atoms with Gasteiger partial charge in [-0.15, -0.1) is 0 Å². The molecule has 72 valence electrons. The Morgan fingerprint density at radius 2 is 2.00 bits per heavy atom. The molecule has 1 aliphatic rings. The molecule has 0 aromatic heterocycles. The summed E-state index contributed by atoms with van der Waals surface area (Å²) in [4.78, 5) is 2.53. The average molecular weight is 171 g/mol. The summed E-state index contributed by atoms with van der Waals surface area (Å²) in [5.74, 6) is 0. The van der Waals surface area contributed by atoms with Gasteiger partial charge in [-0.2, -0.15) is 0 Å². The quantitative estimate of drug-likeness (QED) is 0.597. The zero-order valence-corrected chi connectivity index (χ0v) is 8.71. The fourth-order valence-corrected chi connectivity index (χ4v) is 1.85. The number of hydrogen-bond acceptors (Lipinski definition) is 2. The van der Waals surface area contributed by atoms with Crippen molar-refractivity contribution in [1.82, 2.24) is 4.90 Å². The van der Waals surface area contributed by atoms with Crippen LogP contribution in [-0.4, -0.2) is 36.2 Å². The van der Waals surface area contributed by atoms with Gasteiger partial charge in [-0.1, -0.05) is 0 Å². The maximum absolute atomic E-state index is 5.61. The van der Waals surface area contributed by atoms with Crippen LogP contribution in [0.3, 0.4) is 0 Å². The van der Waals surface area contributed by atoms with Gasteiger partial charge in [-0.3, -0.25) is 4.90 Å². The predicted octanol–water partition coefficient (Wildman–Crippen LogP) is 1.89. The molecule has 0 bridgehead atoms. The second-order valence-corrected chi connectivity index (χ2v) is 4.11. The first kappa shape index (κ1) is 10.0. The molecule has 0 radical (unpaired) electrons. The third-order valence-electron chi connectivity index (χ3n) is 2.64. The van der Waals surface area contributed by atoms with E-state index in [0.717, 1.165) is 13.2 Å². The lowest BCUT2D eigenvalue weighted by Gasteiger charge is -2.31. The van der Waals surface area contributed by atoms with Gasteiger partial charge in [0.05, 0.1) is 6.10 Å². The van der Waals surface area contributed by atoms with Gasteiger partial charge in [0.2, 0.25) is 0 Å². The van der Waals surface area contributed by atoms with E-state index in [-0.39, 0.29) is 0 Å². The number of hydrogen-bond donors (Lipinski definition) is 0. The average Bonchev–Trinajstić information content (AvgIpc) is 2.13. The van der Waals surface area contributed by atoms with Crippen molar-refractivity contribution in [3.8, 4) is 0 Å². The van der Waals surface area contributed by atoms with E-state index in [9.17, 15) is 0 Å². The molecule has 2 atom stereocenters. The molecule has 0 amide bonds. The summed E-state index contributed by atoms with van der Waals surface area (Å²) >= 11 is 0. The van der Waals surface area contributed by atoms with Crippen molar-refractivity contribution in [2.24, 2.45) is 0 Å². The Morgan fingerprint density at radius 3 is 2.58 bits per heavy atom. The summed E-state index contributed by atoms with van der Waals surface area (Å²) in [7, 11) is 0. The van der Waals surface area contributed by atoms with Crippen molar-refractivity contribution in [3.63, 3.8) is 0 Å². The minimum Gasteiger partial charge on any atom is -0.377 e. The lowest BCUT2D eigenvalue weighted by molar-refractivity contribution is 0.0612. The highest BCUT2D eigenvalue weighted by Gasteiger charge is 2.22. The predicted molar refractivity (Wildman–Crippen MR) is 51.3 cm³/mol. The molecule has 2 nitrogen and oxygen atoms in total. The number of ether oxygens (including phenoxy) is 1. The smallest absolute Gasteiger partial charge is 0.0674 e. The van der Waals surface area contributed by atoms with E-state index in [4.69, 9.17) is 4.74 Å². The summed E-state index contributed by atoms with van der Waals surface area (Å²) < 4.78 is 5.61. The summed E-state index contributed by atoms with van der Waals surface area (Å²) in [6.07, 6.45) is 1.57. The largest absolute Gasteiger partial charge is 0.377 e. The maximum Gasteiger partial charge on any atom is 0.0674 e. The summed E-state index contributed by atoms with van der Waals surface area (Å²) in [5, 5.41) is 0. The third kappa shape index (κ3) is 2.46. The highest BCUT2D eigenvalue weighted by molar-refractivity contribution is 4.76. The minimum absolute atomic E-state index is 0.400. The van der Waals surface area contributed by atoms with E-state index < -0.39 is 0 Å². The van der Waals surface area contributed by atoms with E-state index in [2.05, 4.69) is 32.6 Å². The van der Waals surface area contributed by atoms with Crippen LogP contribution < -0.4 is 0 Å². The Morgan fingerprint density at radius 1 is 1.33 bits per heavy atom. The van der Waals surface area contributed by atoms with Gasteiger partial charge in [0.1, 0.15) is 0 Å². The Balaban J connectivity index is 2.54. The summed E-state index contributed by atoms with van der Waals surface area (Å²) in [5.41, 5.74) is 0. The van der Waals surface area contributed by atoms with Crippen molar-refractivity contribution in [2.45, 2.75) is 52.3 Å². The molecule has 2 heteroatoms. The van der Waals surface area contributed by atoms with Gasteiger partial charge in [-0.25, -0.2) is 0 Å². The van der Waals surface area contributed by atoms with E-state index in [0.29, 0.717) is 18.2 Å². The van der Waals surface area contributed by atoms with Crippen LogP contribution in [0.1, 0.15) is 34.1 Å². The monoisotopic (exact) mass is 171 g/mol. The Kier molecular flexibility index (Phi) is 3.53. The normalized spacial score (nSPS) is 33.8. The van der Waals surface area contributed by atoms with Gasteiger partial charge in [0, 0.05) is 25.2 Å². The molecule has 1 heterocycles. The van der Waals surface area contributed by atoms with Gasteiger partial charge >= 0.3 is 0 Å². The van der Waals surface area contributed by atoms with Crippen molar-refractivity contribution in [2.75, 3.05) is 13.2 Å². The second-order valence-electron chi connectivity index (χ2n) is 4.11. The zero-order chi connectivity index (χ0) is 9.14. The van der Waals surface area contributed by atoms with Crippen LogP contribution >= 0.6 is 0 Å².